The molecule has 0 aliphatic rings. The monoisotopic (exact) mass is 392 g/mol. The summed E-state index contributed by atoms with van der Waals surface area (Å²) in [4.78, 5) is 24.9. The molecule has 0 bridgehead atoms. The van der Waals surface area contributed by atoms with Crippen LogP contribution in [0.4, 0.5) is 5.13 Å². The molecule has 2 heterocycles. The molecular formula is C21H20N4O2S. The van der Waals surface area contributed by atoms with Crippen molar-refractivity contribution in [2.45, 2.75) is 20.3 Å². The summed E-state index contributed by atoms with van der Waals surface area (Å²) in [5.74, 6) is 1.08. The molecule has 6 nitrogen and oxygen atoms in total. The summed E-state index contributed by atoms with van der Waals surface area (Å²) in [6, 6.07) is 13.7. The molecule has 0 unspecified atom stereocenters. The summed E-state index contributed by atoms with van der Waals surface area (Å²) in [6.07, 6.45) is 0.967. The Labute approximate surface area is 166 Å². The first-order valence-electron chi connectivity index (χ1n) is 8.99. The number of hydrogen-bond acceptors (Lipinski definition) is 5. The molecule has 142 valence electrons. The van der Waals surface area contributed by atoms with Gasteiger partial charge < -0.3 is 9.72 Å². The van der Waals surface area contributed by atoms with Gasteiger partial charge in [-0.3, -0.25) is 10.1 Å². The van der Waals surface area contributed by atoms with Crippen LogP contribution in [0.3, 0.4) is 0 Å². The summed E-state index contributed by atoms with van der Waals surface area (Å²) in [6.45, 7) is 3.95. The van der Waals surface area contributed by atoms with Crippen molar-refractivity contribution in [2.24, 2.45) is 0 Å². The van der Waals surface area contributed by atoms with Crippen LogP contribution in [0.2, 0.25) is 0 Å². The van der Waals surface area contributed by atoms with Gasteiger partial charge in [0.25, 0.3) is 5.91 Å². The van der Waals surface area contributed by atoms with Crippen LogP contribution < -0.4 is 10.1 Å². The lowest BCUT2D eigenvalue weighted by molar-refractivity contribution is 0.102. The van der Waals surface area contributed by atoms with Gasteiger partial charge in [0.05, 0.1) is 17.3 Å². The summed E-state index contributed by atoms with van der Waals surface area (Å²) in [5, 5.41) is 3.44. The number of H-pyrrole nitrogens is 1. The van der Waals surface area contributed by atoms with E-state index in [-0.39, 0.29) is 5.91 Å². The average Bonchev–Trinajstić information content (AvgIpc) is 3.30. The van der Waals surface area contributed by atoms with E-state index in [4.69, 9.17) is 4.74 Å². The van der Waals surface area contributed by atoms with Gasteiger partial charge in [0.15, 0.2) is 5.13 Å². The first-order chi connectivity index (χ1) is 13.6. The first-order valence-corrected chi connectivity index (χ1v) is 9.81. The Morgan fingerprint density at radius 1 is 1.21 bits per heavy atom. The standard InChI is InChI=1S/C21H20N4O2S/c1-4-13-8-9-16-17(10-13)28-21(23-16)25-20(26)18-12(2)22-19(24-18)14-6-5-7-15(11-14)27-3/h5-11H,4H2,1-3H3,(H,22,24)(H,23,25,26). The Morgan fingerprint density at radius 3 is 2.86 bits per heavy atom. The molecule has 7 heteroatoms. The van der Waals surface area contributed by atoms with Gasteiger partial charge in [-0.2, -0.15) is 0 Å². The Morgan fingerprint density at radius 2 is 2.07 bits per heavy atom. The number of carbonyl (C=O) groups excluding carboxylic acids is 1. The lowest BCUT2D eigenvalue weighted by Crippen LogP contribution is -2.13. The van der Waals surface area contributed by atoms with Crippen LogP contribution in [-0.2, 0) is 6.42 Å². The predicted molar refractivity (Wildman–Crippen MR) is 112 cm³/mol. The second-order valence-corrected chi connectivity index (χ2v) is 7.45. The Kier molecular flexibility index (Phi) is 4.83. The highest BCUT2D eigenvalue weighted by Gasteiger charge is 2.18. The van der Waals surface area contributed by atoms with Crippen LogP contribution in [0.1, 0.15) is 28.7 Å². The summed E-state index contributed by atoms with van der Waals surface area (Å²) >= 11 is 1.47. The number of nitrogens with zero attached hydrogens (tertiary/aromatic N) is 2. The number of aryl methyl sites for hydroxylation is 2. The highest BCUT2D eigenvalue weighted by atomic mass is 32.1. The van der Waals surface area contributed by atoms with E-state index in [0.717, 1.165) is 28.0 Å². The van der Waals surface area contributed by atoms with E-state index in [1.807, 2.05) is 37.3 Å². The fraction of sp³-hybridized carbons (Fsp3) is 0.190. The summed E-state index contributed by atoms with van der Waals surface area (Å²) in [7, 11) is 1.62. The molecule has 0 saturated heterocycles. The number of imidazole rings is 1. The summed E-state index contributed by atoms with van der Waals surface area (Å²) in [5.41, 5.74) is 4.04. The van der Waals surface area contributed by atoms with Gasteiger partial charge >= 0.3 is 0 Å². The second kappa shape index (κ2) is 7.44. The van der Waals surface area contributed by atoms with Gasteiger partial charge in [-0.15, -0.1) is 0 Å². The van der Waals surface area contributed by atoms with Crippen LogP contribution in [0, 0.1) is 6.92 Å². The number of aromatic amines is 1. The quantitative estimate of drug-likeness (QED) is 0.510. The number of fused-ring (bicyclic) bond motifs is 1. The molecule has 2 aromatic carbocycles. The van der Waals surface area contributed by atoms with Gasteiger partial charge in [-0.1, -0.05) is 36.5 Å². The van der Waals surface area contributed by atoms with Crippen molar-refractivity contribution < 1.29 is 9.53 Å². The molecule has 0 fully saturated rings. The summed E-state index contributed by atoms with van der Waals surface area (Å²) < 4.78 is 6.32. The maximum Gasteiger partial charge on any atom is 0.277 e. The van der Waals surface area contributed by atoms with Gasteiger partial charge in [0, 0.05) is 11.3 Å². The SMILES string of the molecule is CCc1ccc2nc(NC(=O)c3nc(-c4cccc(OC)c4)[nH]c3C)sc2c1. The number of aromatic nitrogens is 3. The number of hydrogen-bond donors (Lipinski definition) is 2. The van der Waals surface area contributed by atoms with Gasteiger partial charge in [0.1, 0.15) is 17.3 Å². The van der Waals surface area contributed by atoms with E-state index in [9.17, 15) is 4.79 Å². The maximum atomic E-state index is 12.8. The molecule has 4 aromatic rings. The van der Waals surface area contributed by atoms with E-state index in [0.29, 0.717) is 22.3 Å². The van der Waals surface area contributed by atoms with E-state index in [1.165, 1.54) is 16.9 Å². The molecule has 1 amide bonds. The Balaban J connectivity index is 1.59. The molecular weight excluding hydrogens is 372 g/mol. The third kappa shape index (κ3) is 3.48. The Hall–Kier alpha value is -3.19. The molecule has 0 aliphatic carbocycles. The molecule has 2 aromatic heterocycles. The number of anilines is 1. The fourth-order valence-electron chi connectivity index (χ4n) is 2.99. The number of rotatable bonds is 5. The zero-order valence-electron chi connectivity index (χ0n) is 15.9. The molecule has 0 saturated carbocycles. The minimum Gasteiger partial charge on any atom is -0.497 e. The van der Waals surface area contributed by atoms with Crippen molar-refractivity contribution >= 4 is 32.6 Å². The van der Waals surface area contributed by atoms with E-state index in [2.05, 4.69) is 39.3 Å². The normalized spacial score (nSPS) is 11.0. The van der Waals surface area contributed by atoms with Crippen LogP contribution >= 0.6 is 11.3 Å². The van der Waals surface area contributed by atoms with Crippen molar-refractivity contribution in [3.63, 3.8) is 0 Å². The zero-order chi connectivity index (χ0) is 19.7. The maximum absolute atomic E-state index is 12.8. The molecule has 4 rings (SSSR count). The van der Waals surface area contributed by atoms with Crippen molar-refractivity contribution in [1.82, 2.24) is 15.0 Å². The molecule has 28 heavy (non-hydrogen) atoms. The van der Waals surface area contributed by atoms with Gasteiger partial charge in [0.2, 0.25) is 0 Å². The second-order valence-electron chi connectivity index (χ2n) is 6.42. The van der Waals surface area contributed by atoms with Crippen LogP contribution in [-0.4, -0.2) is 28.0 Å². The topological polar surface area (TPSA) is 79.9 Å². The number of thiazole rings is 1. The number of benzene rings is 2. The molecule has 0 atom stereocenters. The predicted octanol–water partition coefficient (Wildman–Crippen LogP) is 4.82. The number of amides is 1. The largest absolute Gasteiger partial charge is 0.497 e. The minimum absolute atomic E-state index is 0.280. The van der Waals surface area contributed by atoms with Gasteiger partial charge in [-0.25, -0.2) is 9.97 Å². The number of ether oxygens (including phenoxy) is 1. The zero-order valence-corrected chi connectivity index (χ0v) is 16.7. The average molecular weight is 392 g/mol. The highest BCUT2D eigenvalue weighted by molar-refractivity contribution is 7.22. The Bertz CT molecular complexity index is 1160. The van der Waals surface area contributed by atoms with E-state index < -0.39 is 0 Å². The molecule has 0 aliphatic heterocycles. The van der Waals surface area contributed by atoms with E-state index in [1.54, 1.807) is 7.11 Å². The van der Waals surface area contributed by atoms with Crippen molar-refractivity contribution in [3.05, 3.63) is 59.4 Å². The first kappa shape index (κ1) is 18.2. The third-order valence-electron chi connectivity index (χ3n) is 4.52. The highest BCUT2D eigenvalue weighted by Crippen LogP contribution is 2.28. The minimum atomic E-state index is -0.280. The fourth-order valence-corrected chi connectivity index (χ4v) is 3.91. The molecule has 2 N–H and O–H groups in total. The van der Waals surface area contributed by atoms with Crippen molar-refractivity contribution in [2.75, 3.05) is 12.4 Å². The smallest absolute Gasteiger partial charge is 0.277 e. The number of carbonyl (C=O) groups is 1. The van der Waals surface area contributed by atoms with Crippen LogP contribution in [0.5, 0.6) is 5.75 Å². The van der Waals surface area contributed by atoms with Crippen molar-refractivity contribution in [1.29, 1.82) is 0 Å². The lowest BCUT2D eigenvalue weighted by atomic mass is 10.2. The van der Waals surface area contributed by atoms with Gasteiger partial charge in [-0.05, 0) is 43.2 Å². The van der Waals surface area contributed by atoms with Crippen molar-refractivity contribution in [3.8, 4) is 17.1 Å². The van der Waals surface area contributed by atoms with Crippen LogP contribution in [0.15, 0.2) is 42.5 Å². The molecule has 0 radical (unpaired) electrons. The number of nitrogens with one attached hydrogen (secondary N) is 2. The van der Waals surface area contributed by atoms with Crippen LogP contribution in [0.25, 0.3) is 21.6 Å². The van der Waals surface area contributed by atoms with E-state index >= 15 is 0 Å². The number of methoxy groups -OCH3 is 1. The third-order valence-corrected chi connectivity index (χ3v) is 5.46. The lowest BCUT2D eigenvalue weighted by Gasteiger charge is -2.01. The molecule has 0 spiro atoms.